The normalized spacial score (nSPS) is 12.4. The van der Waals surface area contributed by atoms with Crippen LogP contribution in [0.2, 0.25) is 0 Å². The standard InChI is InChI=1S/C12H14FNOS/c1-9(2)7-16(15)8-11-4-3-10(6-14)5-12(11)13/h3-5,9H,7-8H2,1-2H3. The number of halogens is 1. The first-order valence-corrected chi connectivity index (χ1v) is 6.55. The van der Waals surface area contributed by atoms with Crippen LogP contribution < -0.4 is 0 Å². The zero-order chi connectivity index (χ0) is 12.1. The van der Waals surface area contributed by atoms with E-state index in [1.807, 2.05) is 19.9 Å². The average Bonchev–Trinajstić information content (AvgIpc) is 2.19. The maximum Gasteiger partial charge on any atom is 0.128 e. The van der Waals surface area contributed by atoms with Gasteiger partial charge in [-0.05, 0) is 18.1 Å². The van der Waals surface area contributed by atoms with Crippen molar-refractivity contribution in [3.05, 3.63) is 35.1 Å². The molecular formula is C12H14FNOS. The predicted octanol–water partition coefficient (Wildman–Crippen LogP) is 2.60. The predicted molar refractivity (Wildman–Crippen MR) is 62.7 cm³/mol. The molecule has 0 saturated heterocycles. The summed E-state index contributed by atoms with van der Waals surface area (Å²) >= 11 is 0. The van der Waals surface area contributed by atoms with Gasteiger partial charge in [0.05, 0.1) is 17.4 Å². The highest BCUT2D eigenvalue weighted by molar-refractivity contribution is 7.84. The molecule has 1 unspecified atom stereocenters. The molecule has 0 N–H and O–H groups in total. The van der Waals surface area contributed by atoms with E-state index in [0.717, 1.165) is 0 Å². The van der Waals surface area contributed by atoms with Gasteiger partial charge in [0.25, 0.3) is 0 Å². The molecule has 1 aromatic carbocycles. The molecule has 0 aliphatic heterocycles. The Morgan fingerprint density at radius 2 is 2.19 bits per heavy atom. The molecule has 0 fully saturated rings. The van der Waals surface area contributed by atoms with Crippen LogP contribution in [0.4, 0.5) is 4.39 Å². The Morgan fingerprint density at radius 1 is 1.50 bits per heavy atom. The maximum atomic E-state index is 13.4. The number of hydrogen-bond acceptors (Lipinski definition) is 2. The van der Waals surface area contributed by atoms with Crippen molar-refractivity contribution in [2.75, 3.05) is 5.75 Å². The third-order valence-corrected chi connectivity index (χ3v) is 3.69. The summed E-state index contributed by atoms with van der Waals surface area (Å²) in [6.45, 7) is 3.96. The van der Waals surface area contributed by atoms with E-state index in [4.69, 9.17) is 5.26 Å². The van der Waals surface area contributed by atoms with Gasteiger partial charge in [0.2, 0.25) is 0 Å². The van der Waals surface area contributed by atoms with Crippen LogP contribution in [0, 0.1) is 23.1 Å². The van der Waals surface area contributed by atoms with Crippen LogP contribution in [0.5, 0.6) is 0 Å². The van der Waals surface area contributed by atoms with Gasteiger partial charge in [0.1, 0.15) is 5.82 Å². The van der Waals surface area contributed by atoms with Crippen molar-refractivity contribution in [2.24, 2.45) is 5.92 Å². The number of nitriles is 1. The fourth-order valence-electron chi connectivity index (χ4n) is 1.34. The second-order valence-corrected chi connectivity index (χ2v) is 5.56. The molecule has 4 heteroatoms. The Bertz CT molecular complexity index is 437. The molecule has 0 radical (unpaired) electrons. The summed E-state index contributed by atoms with van der Waals surface area (Å²) < 4.78 is 25.1. The van der Waals surface area contributed by atoms with Gasteiger partial charge in [0.15, 0.2) is 0 Å². The first-order chi connectivity index (χ1) is 7.52. The maximum absolute atomic E-state index is 13.4. The van der Waals surface area contributed by atoms with E-state index >= 15 is 0 Å². The van der Waals surface area contributed by atoms with Crippen molar-refractivity contribution < 1.29 is 8.60 Å². The molecule has 1 rings (SSSR count). The van der Waals surface area contributed by atoms with Gasteiger partial charge in [-0.15, -0.1) is 0 Å². The molecule has 0 heterocycles. The van der Waals surface area contributed by atoms with Crippen LogP contribution in [0.1, 0.15) is 25.0 Å². The van der Waals surface area contributed by atoms with Crippen LogP contribution in [0.25, 0.3) is 0 Å². The number of hydrogen-bond donors (Lipinski definition) is 0. The van der Waals surface area contributed by atoms with E-state index < -0.39 is 16.6 Å². The van der Waals surface area contributed by atoms with Crippen LogP contribution in [0.3, 0.4) is 0 Å². The van der Waals surface area contributed by atoms with E-state index in [0.29, 0.717) is 17.2 Å². The molecule has 2 nitrogen and oxygen atoms in total. The van der Waals surface area contributed by atoms with Crippen LogP contribution >= 0.6 is 0 Å². The minimum atomic E-state index is -1.04. The third-order valence-electron chi connectivity index (χ3n) is 2.02. The molecule has 0 aliphatic rings. The van der Waals surface area contributed by atoms with Crippen molar-refractivity contribution in [3.8, 4) is 6.07 Å². The Hall–Kier alpha value is -1.21. The van der Waals surface area contributed by atoms with Crippen LogP contribution in [-0.2, 0) is 16.6 Å². The van der Waals surface area contributed by atoms with Gasteiger partial charge in [0, 0.05) is 22.1 Å². The lowest BCUT2D eigenvalue weighted by molar-refractivity contribution is 0.613. The van der Waals surface area contributed by atoms with Crippen LogP contribution in [-0.4, -0.2) is 9.96 Å². The lowest BCUT2D eigenvalue weighted by Gasteiger charge is -2.06. The minimum absolute atomic E-state index is 0.218. The second kappa shape index (κ2) is 5.76. The summed E-state index contributed by atoms with van der Waals surface area (Å²) in [5.74, 6) is 0.674. The lowest BCUT2D eigenvalue weighted by atomic mass is 10.1. The highest BCUT2D eigenvalue weighted by atomic mass is 32.2. The van der Waals surface area contributed by atoms with Crippen molar-refractivity contribution in [1.82, 2.24) is 0 Å². The van der Waals surface area contributed by atoms with E-state index in [1.54, 1.807) is 6.07 Å². The topological polar surface area (TPSA) is 40.9 Å². The SMILES string of the molecule is CC(C)CS(=O)Cc1ccc(C#N)cc1F. The number of benzene rings is 1. The Kier molecular flexibility index (Phi) is 4.63. The van der Waals surface area contributed by atoms with Gasteiger partial charge in [-0.1, -0.05) is 19.9 Å². The van der Waals surface area contributed by atoms with Crippen molar-refractivity contribution >= 4 is 10.8 Å². The molecule has 0 aliphatic carbocycles. The number of nitrogens with zero attached hydrogens (tertiary/aromatic N) is 1. The van der Waals surface area contributed by atoms with Crippen molar-refractivity contribution in [3.63, 3.8) is 0 Å². The highest BCUT2D eigenvalue weighted by Crippen LogP contribution is 2.13. The monoisotopic (exact) mass is 239 g/mol. The van der Waals surface area contributed by atoms with E-state index in [-0.39, 0.29) is 11.3 Å². The third kappa shape index (κ3) is 3.74. The molecule has 1 aromatic rings. The summed E-state index contributed by atoms with van der Waals surface area (Å²) in [6.07, 6.45) is 0. The van der Waals surface area contributed by atoms with Gasteiger partial charge < -0.3 is 0 Å². The largest absolute Gasteiger partial charge is 0.259 e. The van der Waals surface area contributed by atoms with Crippen molar-refractivity contribution in [1.29, 1.82) is 5.26 Å². The smallest absolute Gasteiger partial charge is 0.128 e. The van der Waals surface area contributed by atoms with Gasteiger partial charge in [-0.25, -0.2) is 4.39 Å². The van der Waals surface area contributed by atoms with Crippen molar-refractivity contribution in [2.45, 2.75) is 19.6 Å². The van der Waals surface area contributed by atoms with Gasteiger partial charge >= 0.3 is 0 Å². The summed E-state index contributed by atoms with van der Waals surface area (Å²) in [6, 6.07) is 6.13. The lowest BCUT2D eigenvalue weighted by Crippen LogP contribution is -2.07. The van der Waals surface area contributed by atoms with E-state index in [1.165, 1.54) is 12.1 Å². The molecule has 0 bridgehead atoms. The van der Waals surface area contributed by atoms with E-state index in [2.05, 4.69) is 0 Å². The molecule has 0 spiro atoms. The van der Waals surface area contributed by atoms with Gasteiger partial charge in [-0.3, -0.25) is 4.21 Å². The fourth-order valence-corrected chi connectivity index (χ4v) is 2.78. The molecule has 0 saturated carbocycles. The quantitative estimate of drug-likeness (QED) is 0.810. The zero-order valence-electron chi connectivity index (χ0n) is 9.37. The molecular weight excluding hydrogens is 225 g/mol. The molecule has 0 amide bonds. The average molecular weight is 239 g/mol. The fraction of sp³-hybridized carbons (Fsp3) is 0.417. The molecule has 86 valence electrons. The Morgan fingerprint density at radius 3 is 2.69 bits per heavy atom. The number of rotatable bonds is 4. The second-order valence-electron chi connectivity index (χ2n) is 4.06. The summed E-state index contributed by atoms with van der Waals surface area (Å²) in [5, 5.41) is 8.58. The first kappa shape index (κ1) is 12.9. The summed E-state index contributed by atoms with van der Waals surface area (Å²) in [7, 11) is -1.04. The first-order valence-electron chi connectivity index (χ1n) is 5.06. The van der Waals surface area contributed by atoms with Gasteiger partial charge in [-0.2, -0.15) is 5.26 Å². The highest BCUT2D eigenvalue weighted by Gasteiger charge is 2.09. The Labute approximate surface area is 97.6 Å². The molecule has 0 aromatic heterocycles. The summed E-state index contributed by atoms with van der Waals surface area (Å²) in [5.41, 5.74) is 0.703. The van der Waals surface area contributed by atoms with Crippen LogP contribution in [0.15, 0.2) is 18.2 Å². The molecule has 16 heavy (non-hydrogen) atoms. The zero-order valence-corrected chi connectivity index (χ0v) is 10.2. The molecule has 1 atom stereocenters. The van der Waals surface area contributed by atoms with E-state index in [9.17, 15) is 8.60 Å². The minimum Gasteiger partial charge on any atom is -0.259 e. The Balaban J connectivity index is 2.75. The summed E-state index contributed by atoms with van der Waals surface area (Å²) in [4.78, 5) is 0.